The van der Waals surface area contributed by atoms with Crippen LogP contribution in [0.3, 0.4) is 0 Å². The maximum atomic E-state index is 13.4. The SMILES string of the molecule is CCc1cc(Br)cc2c(C(=O)OCC(=O)c3ccc(F)cc3)cc(-c3ccc(N4C(=O)C5C6CCC(C6)C5C4=O)cc3)nc12. The van der Waals surface area contributed by atoms with E-state index in [1.165, 1.54) is 29.2 Å². The van der Waals surface area contributed by atoms with Crippen LogP contribution in [-0.2, 0) is 20.7 Å². The molecule has 7 nitrogen and oxygen atoms in total. The van der Waals surface area contributed by atoms with Gasteiger partial charge in [-0.25, -0.2) is 14.2 Å². The fourth-order valence-corrected chi connectivity index (χ4v) is 7.82. The molecule has 3 aliphatic rings. The van der Waals surface area contributed by atoms with Crippen molar-refractivity contribution in [2.75, 3.05) is 11.5 Å². The van der Waals surface area contributed by atoms with Crippen molar-refractivity contribution in [2.24, 2.45) is 23.7 Å². The van der Waals surface area contributed by atoms with E-state index in [0.717, 1.165) is 29.3 Å². The number of rotatable bonds is 7. The number of aryl methyl sites for hydroxylation is 1. The molecule has 222 valence electrons. The topological polar surface area (TPSA) is 93.6 Å². The second-order valence-electron chi connectivity index (χ2n) is 11.8. The normalized spacial score (nSPS) is 22.1. The van der Waals surface area contributed by atoms with Crippen LogP contribution in [0.4, 0.5) is 10.1 Å². The number of ketones is 1. The molecule has 0 spiro atoms. The van der Waals surface area contributed by atoms with Gasteiger partial charge in [0.2, 0.25) is 11.8 Å². The molecule has 2 saturated carbocycles. The smallest absolute Gasteiger partial charge is 0.339 e. The number of aromatic nitrogens is 1. The van der Waals surface area contributed by atoms with E-state index >= 15 is 0 Å². The number of ether oxygens (including phenoxy) is 1. The van der Waals surface area contributed by atoms with Crippen molar-refractivity contribution >= 4 is 56.1 Å². The number of hydrogen-bond acceptors (Lipinski definition) is 6. The Hall–Kier alpha value is -4.24. The lowest BCUT2D eigenvalue weighted by Crippen LogP contribution is -2.32. The van der Waals surface area contributed by atoms with Gasteiger partial charge in [-0.05, 0) is 97.7 Å². The summed E-state index contributed by atoms with van der Waals surface area (Å²) in [4.78, 5) is 58.9. The minimum absolute atomic E-state index is 0.0952. The van der Waals surface area contributed by atoms with E-state index in [1.54, 1.807) is 36.4 Å². The second-order valence-corrected chi connectivity index (χ2v) is 12.7. The van der Waals surface area contributed by atoms with Crippen LogP contribution in [0.2, 0.25) is 0 Å². The Labute approximate surface area is 261 Å². The minimum atomic E-state index is -0.694. The zero-order valence-electron chi connectivity index (χ0n) is 23.9. The summed E-state index contributed by atoms with van der Waals surface area (Å²) >= 11 is 3.52. The third-order valence-corrected chi connectivity index (χ3v) is 9.87. The highest BCUT2D eigenvalue weighted by molar-refractivity contribution is 9.10. The van der Waals surface area contributed by atoms with Crippen molar-refractivity contribution in [3.63, 3.8) is 0 Å². The standard InChI is InChI=1S/C35H28BrFN2O5/c1-2-18-14-23(36)15-26-27(35(43)44-17-29(40)20-5-9-24(37)10-6-20)16-28(38-32(18)26)19-7-11-25(12-8-19)39-33(41)30-21-3-4-22(13-21)31(30)34(39)42/h5-12,14-16,21-22,30-31H,2-4,13,17H2,1H3. The van der Waals surface area contributed by atoms with Gasteiger partial charge in [-0.15, -0.1) is 0 Å². The second kappa shape index (κ2) is 11.0. The van der Waals surface area contributed by atoms with Crippen LogP contribution in [0, 0.1) is 29.5 Å². The molecule has 1 aliphatic heterocycles. The Morgan fingerprint density at radius 2 is 1.61 bits per heavy atom. The summed E-state index contributed by atoms with van der Waals surface area (Å²) in [6.45, 7) is 1.49. The van der Waals surface area contributed by atoms with Gasteiger partial charge < -0.3 is 4.74 Å². The fourth-order valence-electron chi connectivity index (χ4n) is 7.32. The highest BCUT2D eigenvalue weighted by atomic mass is 79.9. The molecular weight excluding hydrogens is 627 g/mol. The minimum Gasteiger partial charge on any atom is -0.454 e. The summed E-state index contributed by atoms with van der Waals surface area (Å²) in [5, 5.41) is 0.574. The van der Waals surface area contributed by atoms with Crippen LogP contribution >= 0.6 is 15.9 Å². The number of nitrogens with zero attached hydrogens (tertiary/aromatic N) is 2. The monoisotopic (exact) mass is 654 g/mol. The molecule has 2 amide bonds. The van der Waals surface area contributed by atoms with Crippen LogP contribution < -0.4 is 4.90 Å². The third kappa shape index (κ3) is 4.74. The van der Waals surface area contributed by atoms with Crippen LogP contribution in [0.25, 0.3) is 22.2 Å². The molecule has 0 N–H and O–H groups in total. The summed E-state index contributed by atoms with van der Waals surface area (Å²) in [6.07, 6.45) is 3.68. The van der Waals surface area contributed by atoms with E-state index in [4.69, 9.17) is 9.72 Å². The zero-order valence-corrected chi connectivity index (χ0v) is 25.5. The molecule has 3 aromatic carbocycles. The average molecular weight is 656 g/mol. The van der Waals surface area contributed by atoms with Crippen molar-refractivity contribution in [3.8, 4) is 11.3 Å². The number of amides is 2. The number of esters is 1. The zero-order chi connectivity index (χ0) is 30.7. The number of carbonyl (C=O) groups excluding carboxylic acids is 4. The van der Waals surface area contributed by atoms with Gasteiger partial charge in [0.1, 0.15) is 5.82 Å². The highest BCUT2D eigenvalue weighted by Gasteiger charge is 2.61. The van der Waals surface area contributed by atoms with Crippen molar-refractivity contribution in [3.05, 3.63) is 93.7 Å². The van der Waals surface area contributed by atoms with Gasteiger partial charge in [-0.1, -0.05) is 35.0 Å². The lowest BCUT2D eigenvalue weighted by atomic mass is 9.81. The quantitative estimate of drug-likeness (QED) is 0.122. The lowest BCUT2D eigenvalue weighted by molar-refractivity contribution is -0.123. The maximum absolute atomic E-state index is 13.4. The lowest BCUT2D eigenvalue weighted by Gasteiger charge is -2.19. The summed E-state index contributed by atoms with van der Waals surface area (Å²) < 4.78 is 19.5. The van der Waals surface area contributed by atoms with E-state index in [-0.39, 0.29) is 34.8 Å². The number of Topliss-reactive ketones (excluding diaryl/α,β-unsaturated/α-hetero) is 1. The van der Waals surface area contributed by atoms with Crippen LogP contribution in [0.1, 0.15) is 52.5 Å². The highest BCUT2D eigenvalue weighted by Crippen LogP contribution is 2.56. The number of pyridine rings is 1. The van der Waals surface area contributed by atoms with Gasteiger partial charge in [0, 0.05) is 21.0 Å². The van der Waals surface area contributed by atoms with Gasteiger partial charge in [-0.3, -0.25) is 19.3 Å². The molecule has 4 atom stereocenters. The van der Waals surface area contributed by atoms with E-state index < -0.39 is 24.2 Å². The Morgan fingerprint density at radius 3 is 2.25 bits per heavy atom. The van der Waals surface area contributed by atoms with Crippen LogP contribution in [0.15, 0.2) is 71.2 Å². The van der Waals surface area contributed by atoms with Crippen LogP contribution in [0.5, 0.6) is 0 Å². The number of fused-ring (bicyclic) bond motifs is 6. The molecule has 0 radical (unpaired) electrons. The average Bonchev–Trinajstić information content (AvgIpc) is 3.72. The Balaban J connectivity index is 1.20. The first kappa shape index (κ1) is 28.5. The molecule has 7 rings (SSSR count). The van der Waals surface area contributed by atoms with Crippen molar-refractivity contribution in [1.82, 2.24) is 4.98 Å². The first-order valence-corrected chi connectivity index (χ1v) is 15.6. The first-order chi connectivity index (χ1) is 21.2. The predicted octanol–water partition coefficient (Wildman–Crippen LogP) is 6.94. The maximum Gasteiger partial charge on any atom is 0.339 e. The molecule has 4 unspecified atom stereocenters. The molecule has 1 aromatic heterocycles. The van der Waals surface area contributed by atoms with E-state index in [9.17, 15) is 23.6 Å². The Morgan fingerprint density at radius 1 is 0.955 bits per heavy atom. The number of hydrogen-bond donors (Lipinski definition) is 0. The Bertz CT molecular complexity index is 1830. The van der Waals surface area contributed by atoms with Gasteiger partial charge in [-0.2, -0.15) is 0 Å². The summed E-state index contributed by atoms with van der Waals surface area (Å²) in [5.41, 5.74) is 3.76. The number of imide groups is 1. The summed E-state index contributed by atoms with van der Waals surface area (Å²) in [5.74, 6) is -1.57. The van der Waals surface area contributed by atoms with E-state index in [2.05, 4.69) is 15.9 Å². The van der Waals surface area contributed by atoms with E-state index in [0.29, 0.717) is 46.1 Å². The number of halogens is 2. The molecule has 9 heteroatoms. The van der Waals surface area contributed by atoms with Crippen molar-refractivity contribution in [1.29, 1.82) is 0 Å². The Kier molecular flexibility index (Phi) is 7.16. The van der Waals surface area contributed by atoms with Gasteiger partial charge in [0.15, 0.2) is 12.4 Å². The molecule has 2 aliphatic carbocycles. The number of carbonyl (C=O) groups is 4. The molecule has 44 heavy (non-hydrogen) atoms. The molecule has 2 heterocycles. The fraction of sp³-hybridized carbons (Fsp3) is 0.286. The first-order valence-electron chi connectivity index (χ1n) is 14.8. The number of benzene rings is 3. The molecular formula is C35H28BrFN2O5. The van der Waals surface area contributed by atoms with E-state index in [1.807, 2.05) is 13.0 Å². The molecule has 3 fully saturated rings. The largest absolute Gasteiger partial charge is 0.454 e. The van der Waals surface area contributed by atoms with Crippen molar-refractivity contribution < 1.29 is 28.3 Å². The van der Waals surface area contributed by atoms with Crippen molar-refractivity contribution in [2.45, 2.75) is 32.6 Å². The number of anilines is 1. The molecule has 2 bridgehead atoms. The summed E-state index contributed by atoms with van der Waals surface area (Å²) in [7, 11) is 0. The van der Waals surface area contributed by atoms with Gasteiger partial charge in [0.05, 0.1) is 34.3 Å². The van der Waals surface area contributed by atoms with Gasteiger partial charge in [0.25, 0.3) is 0 Å². The molecule has 1 saturated heterocycles. The third-order valence-electron chi connectivity index (χ3n) is 9.41. The molecule has 4 aromatic rings. The van der Waals surface area contributed by atoms with Gasteiger partial charge >= 0.3 is 5.97 Å². The van der Waals surface area contributed by atoms with Crippen LogP contribution in [-0.4, -0.2) is 35.2 Å². The predicted molar refractivity (Wildman–Crippen MR) is 166 cm³/mol. The summed E-state index contributed by atoms with van der Waals surface area (Å²) in [6, 6.07) is 17.5.